The number of rotatable bonds is 2. The molecule has 1 heteroatoms. The standard InChI is InChI=1S/C16H25N/c1-11(2)14-9-12(3)13(4)15(10-14)16(5)7-6-8-17-16/h9-11,17H,6-8H2,1-5H3. The number of nitrogens with one attached hydrogen (secondary N) is 1. The molecule has 0 aromatic heterocycles. The topological polar surface area (TPSA) is 12.0 Å². The molecule has 1 atom stereocenters. The maximum atomic E-state index is 3.68. The molecule has 0 spiro atoms. The molecular weight excluding hydrogens is 206 g/mol. The first-order valence-electron chi connectivity index (χ1n) is 6.81. The van der Waals surface area contributed by atoms with E-state index < -0.39 is 0 Å². The third-order valence-electron chi connectivity index (χ3n) is 4.32. The van der Waals surface area contributed by atoms with Crippen LogP contribution in [0.4, 0.5) is 0 Å². The van der Waals surface area contributed by atoms with Crippen molar-refractivity contribution in [3.8, 4) is 0 Å². The van der Waals surface area contributed by atoms with Gasteiger partial charge in [-0.15, -0.1) is 0 Å². The van der Waals surface area contributed by atoms with Gasteiger partial charge in [0, 0.05) is 5.54 Å². The number of benzene rings is 1. The number of hydrogen-bond donors (Lipinski definition) is 1. The smallest absolute Gasteiger partial charge is 0.0409 e. The fourth-order valence-corrected chi connectivity index (χ4v) is 2.92. The minimum Gasteiger partial charge on any atom is -0.308 e. The van der Waals surface area contributed by atoms with E-state index in [4.69, 9.17) is 0 Å². The largest absolute Gasteiger partial charge is 0.308 e. The van der Waals surface area contributed by atoms with Gasteiger partial charge in [0.1, 0.15) is 0 Å². The molecule has 1 N–H and O–H groups in total. The monoisotopic (exact) mass is 231 g/mol. The Balaban J connectivity index is 2.52. The summed E-state index contributed by atoms with van der Waals surface area (Å²) in [6, 6.07) is 4.77. The summed E-state index contributed by atoms with van der Waals surface area (Å²) in [5, 5.41) is 3.68. The van der Waals surface area contributed by atoms with Crippen molar-refractivity contribution in [3.63, 3.8) is 0 Å². The summed E-state index contributed by atoms with van der Waals surface area (Å²) in [6.07, 6.45) is 2.55. The van der Waals surface area contributed by atoms with Gasteiger partial charge in [0.25, 0.3) is 0 Å². The average Bonchev–Trinajstić information content (AvgIpc) is 2.69. The summed E-state index contributed by atoms with van der Waals surface area (Å²) < 4.78 is 0. The summed E-state index contributed by atoms with van der Waals surface area (Å²) in [5.74, 6) is 0.609. The van der Waals surface area contributed by atoms with Crippen molar-refractivity contribution < 1.29 is 0 Å². The zero-order chi connectivity index (χ0) is 12.6. The minimum atomic E-state index is 0.194. The fraction of sp³-hybridized carbons (Fsp3) is 0.625. The second kappa shape index (κ2) is 4.45. The first-order chi connectivity index (χ1) is 7.94. The highest BCUT2D eigenvalue weighted by molar-refractivity contribution is 5.43. The van der Waals surface area contributed by atoms with E-state index in [0.29, 0.717) is 5.92 Å². The molecule has 1 aliphatic heterocycles. The van der Waals surface area contributed by atoms with E-state index in [1.165, 1.54) is 35.1 Å². The SMILES string of the molecule is Cc1cc(C(C)C)cc(C2(C)CCCN2)c1C. The Morgan fingerprint density at radius 2 is 1.94 bits per heavy atom. The third-order valence-corrected chi connectivity index (χ3v) is 4.32. The molecule has 2 rings (SSSR count). The van der Waals surface area contributed by atoms with Gasteiger partial charge in [-0.25, -0.2) is 0 Å². The normalized spacial score (nSPS) is 24.6. The van der Waals surface area contributed by atoms with Gasteiger partial charge in [0.15, 0.2) is 0 Å². The molecule has 1 aromatic carbocycles. The van der Waals surface area contributed by atoms with Gasteiger partial charge in [0.05, 0.1) is 0 Å². The van der Waals surface area contributed by atoms with Crippen LogP contribution < -0.4 is 5.32 Å². The van der Waals surface area contributed by atoms with E-state index in [0.717, 1.165) is 6.54 Å². The summed E-state index contributed by atoms with van der Waals surface area (Å²) in [5.41, 5.74) is 6.07. The van der Waals surface area contributed by atoms with E-state index in [2.05, 4.69) is 52.1 Å². The van der Waals surface area contributed by atoms with Gasteiger partial charge in [-0.1, -0.05) is 26.0 Å². The van der Waals surface area contributed by atoms with Gasteiger partial charge >= 0.3 is 0 Å². The Kier molecular flexibility index (Phi) is 3.31. The van der Waals surface area contributed by atoms with E-state index in [1.807, 2.05) is 0 Å². The predicted octanol–water partition coefficient (Wildman–Crippen LogP) is 4.03. The Morgan fingerprint density at radius 1 is 1.24 bits per heavy atom. The second-order valence-corrected chi connectivity index (χ2v) is 6.03. The Bertz CT molecular complexity index is 412. The zero-order valence-electron chi connectivity index (χ0n) is 11.9. The molecule has 1 aliphatic rings. The van der Waals surface area contributed by atoms with Crippen molar-refractivity contribution in [2.24, 2.45) is 0 Å². The maximum absolute atomic E-state index is 3.68. The van der Waals surface area contributed by atoms with Crippen LogP contribution in [0, 0.1) is 13.8 Å². The maximum Gasteiger partial charge on any atom is 0.0409 e. The van der Waals surface area contributed by atoms with Crippen LogP contribution in [-0.4, -0.2) is 6.54 Å². The van der Waals surface area contributed by atoms with Crippen LogP contribution in [0.1, 0.15) is 61.8 Å². The molecule has 17 heavy (non-hydrogen) atoms. The molecular formula is C16H25N. The van der Waals surface area contributed by atoms with E-state index in [1.54, 1.807) is 0 Å². The first-order valence-corrected chi connectivity index (χ1v) is 6.81. The predicted molar refractivity (Wildman–Crippen MR) is 74.6 cm³/mol. The first kappa shape index (κ1) is 12.6. The van der Waals surface area contributed by atoms with Crippen LogP contribution in [-0.2, 0) is 5.54 Å². The van der Waals surface area contributed by atoms with Gasteiger partial charge < -0.3 is 5.32 Å². The Hall–Kier alpha value is -0.820. The zero-order valence-corrected chi connectivity index (χ0v) is 11.9. The molecule has 0 aliphatic carbocycles. The molecule has 0 amide bonds. The molecule has 0 radical (unpaired) electrons. The molecule has 0 saturated carbocycles. The van der Waals surface area contributed by atoms with Crippen LogP contribution in [0.25, 0.3) is 0 Å². The molecule has 94 valence electrons. The fourth-order valence-electron chi connectivity index (χ4n) is 2.92. The Labute approximate surface area is 106 Å². The summed E-state index contributed by atoms with van der Waals surface area (Å²) in [4.78, 5) is 0. The lowest BCUT2D eigenvalue weighted by atomic mass is 9.83. The van der Waals surface area contributed by atoms with Crippen molar-refractivity contribution in [2.45, 2.75) is 58.9 Å². The second-order valence-electron chi connectivity index (χ2n) is 6.03. The summed E-state index contributed by atoms with van der Waals surface area (Å²) >= 11 is 0. The van der Waals surface area contributed by atoms with Gasteiger partial charge in [-0.05, 0) is 68.3 Å². The summed E-state index contributed by atoms with van der Waals surface area (Å²) in [7, 11) is 0. The van der Waals surface area contributed by atoms with Crippen molar-refractivity contribution in [3.05, 3.63) is 34.4 Å². The lowest BCUT2D eigenvalue weighted by Gasteiger charge is -2.29. The van der Waals surface area contributed by atoms with Crippen LogP contribution in [0.3, 0.4) is 0 Å². The minimum absolute atomic E-state index is 0.194. The van der Waals surface area contributed by atoms with Crippen molar-refractivity contribution in [1.29, 1.82) is 0 Å². The average molecular weight is 231 g/mol. The van der Waals surface area contributed by atoms with Gasteiger partial charge in [-0.2, -0.15) is 0 Å². The van der Waals surface area contributed by atoms with Crippen LogP contribution in [0.15, 0.2) is 12.1 Å². The van der Waals surface area contributed by atoms with E-state index in [-0.39, 0.29) is 5.54 Å². The highest BCUT2D eigenvalue weighted by Crippen LogP contribution is 2.35. The molecule has 1 unspecified atom stereocenters. The number of aryl methyl sites for hydroxylation is 1. The number of hydrogen-bond acceptors (Lipinski definition) is 1. The molecule has 0 bridgehead atoms. The molecule has 1 nitrogen and oxygen atoms in total. The van der Waals surface area contributed by atoms with E-state index in [9.17, 15) is 0 Å². The quantitative estimate of drug-likeness (QED) is 0.810. The molecule has 1 saturated heterocycles. The van der Waals surface area contributed by atoms with Crippen LogP contribution in [0.2, 0.25) is 0 Å². The summed E-state index contributed by atoms with van der Waals surface area (Å²) in [6.45, 7) is 12.6. The molecule has 1 fully saturated rings. The molecule has 1 heterocycles. The van der Waals surface area contributed by atoms with Gasteiger partial charge in [0.2, 0.25) is 0 Å². The third kappa shape index (κ3) is 2.26. The van der Waals surface area contributed by atoms with Crippen molar-refractivity contribution in [1.82, 2.24) is 5.32 Å². The lowest BCUT2D eigenvalue weighted by Crippen LogP contribution is -2.34. The Morgan fingerprint density at radius 3 is 2.47 bits per heavy atom. The molecule has 1 aromatic rings. The highest BCUT2D eigenvalue weighted by Gasteiger charge is 2.31. The lowest BCUT2D eigenvalue weighted by molar-refractivity contribution is 0.431. The van der Waals surface area contributed by atoms with Crippen molar-refractivity contribution >= 4 is 0 Å². The van der Waals surface area contributed by atoms with E-state index >= 15 is 0 Å². The van der Waals surface area contributed by atoms with Crippen LogP contribution in [0.5, 0.6) is 0 Å². The van der Waals surface area contributed by atoms with Crippen molar-refractivity contribution in [2.75, 3.05) is 6.54 Å². The highest BCUT2D eigenvalue weighted by atomic mass is 15.0. The van der Waals surface area contributed by atoms with Crippen LogP contribution >= 0.6 is 0 Å². The van der Waals surface area contributed by atoms with Gasteiger partial charge in [-0.3, -0.25) is 0 Å².